The topological polar surface area (TPSA) is 82.9 Å². The zero-order valence-electron chi connectivity index (χ0n) is 17.5. The van der Waals surface area contributed by atoms with Gasteiger partial charge in [-0.3, -0.25) is 9.36 Å². The molecular formula is C22H25N7O. The first-order chi connectivity index (χ1) is 14.5. The van der Waals surface area contributed by atoms with Crippen molar-refractivity contribution in [2.75, 3.05) is 36.0 Å². The van der Waals surface area contributed by atoms with Crippen LogP contribution in [0.4, 0.5) is 11.5 Å². The molecule has 0 bridgehead atoms. The standard InChI is InChI=1S/C22H25N7O/c1-14(2)29-13-25-18-11-16(4-5-17(18)22(29)30)27-6-8-28(9-7-27)21-20-19(23-12-24-21)10-15(3)26-20/h4-5,10-14,26H,6-9H2,1-3H3. The van der Waals surface area contributed by atoms with Crippen molar-refractivity contribution in [3.8, 4) is 0 Å². The Morgan fingerprint density at radius 1 is 0.967 bits per heavy atom. The largest absolute Gasteiger partial charge is 0.368 e. The predicted molar refractivity (Wildman–Crippen MR) is 119 cm³/mol. The molecule has 1 fully saturated rings. The Hall–Kier alpha value is -3.42. The average Bonchev–Trinajstić information content (AvgIpc) is 3.14. The summed E-state index contributed by atoms with van der Waals surface area (Å²) in [5.74, 6) is 0.960. The average molecular weight is 403 g/mol. The van der Waals surface area contributed by atoms with E-state index in [4.69, 9.17) is 0 Å². The summed E-state index contributed by atoms with van der Waals surface area (Å²) in [5, 5.41) is 0.666. The van der Waals surface area contributed by atoms with Gasteiger partial charge in [0.15, 0.2) is 5.82 Å². The van der Waals surface area contributed by atoms with E-state index in [1.54, 1.807) is 17.2 Å². The zero-order chi connectivity index (χ0) is 20.8. The lowest BCUT2D eigenvalue weighted by atomic mass is 10.2. The van der Waals surface area contributed by atoms with Crippen molar-refractivity contribution in [1.29, 1.82) is 0 Å². The first kappa shape index (κ1) is 18.6. The fraction of sp³-hybridized carbons (Fsp3) is 0.364. The second-order valence-corrected chi connectivity index (χ2v) is 8.14. The second-order valence-electron chi connectivity index (χ2n) is 8.14. The summed E-state index contributed by atoms with van der Waals surface area (Å²) in [4.78, 5) is 34.1. The molecule has 0 spiro atoms. The Kier molecular flexibility index (Phi) is 4.42. The highest BCUT2D eigenvalue weighted by molar-refractivity contribution is 5.87. The summed E-state index contributed by atoms with van der Waals surface area (Å²) in [6.45, 7) is 9.49. The van der Waals surface area contributed by atoms with Crippen LogP contribution in [0.15, 0.2) is 41.7 Å². The van der Waals surface area contributed by atoms with Gasteiger partial charge in [0.05, 0.1) is 22.7 Å². The molecule has 0 saturated carbocycles. The van der Waals surface area contributed by atoms with Crippen molar-refractivity contribution >= 4 is 33.4 Å². The second kappa shape index (κ2) is 7.12. The summed E-state index contributed by atoms with van der Waals surface area (Å²) in [6.07, 6.45) is 3.28. The van der Waals surface area contributed by atoms with Gasteiger partial charge in [0.25, 0.3) is 5.56 Å². The minimum absolute atomic E-state index is 0.0142. The molecule has 4 aromatic rings. The third kappa shape index (κ3) is 3.08. The Labute approximate surface area is 174 Å². The van der Waals surface area contributed by atoms with Gasteiger partial charge in [-0.15, -0.1) is 0 Å². The summed E-state index contributed by atoms with van der Waals surface area (Å²) in [5.41, 5.74) is 4.90. The van der Waals surface area contributed by atoms with Crippen LogP contribution in [0.2, 0.25) is 0 Å². The minimum atomic E-state index is 0.0142. The van der Waals surface area contributed by atoms with Crippen molar-refractivity contribution < 1.29 is 0 Å². The highest BCUT2D eigenvalue weighted by Crippen LogP contribution is 2.26. The number of piperazine rings is 1. The molecule has 30 heavy (non-hydrogen) atoms. The van der Waals surface area contributed by atoms with Gasteiger partial charge < -0.3 is 14.8 Å². The van der Waals surface area contributed by atoms with Crippen LogP contribution >= 0.6 is 0 Å². The smallest absolute Gasteiger partial charge is 0.261 e. The number of hydrogen-bond donors (Lipinski definition) is 1. The molecule has 0 atom stereocenters. The van der Waals surface area contributed by atoms with Gasteiger partial charge in [0, 0.05) is 43.6 Å². The van der Waals surface area contributed by atoms with Gasteiger partial charge in [-0.05, 0) is 45.0 Å². The molecule has 1 aliphatic heterocycles. The van der Waals surface area contributed by atoms with Gasteiger partial charge in [-0.25, -0.2) is 15.0 Å². The van der Waals surface area contributed by atoms with E-state index in [1.165, 1.54) is 0 Å². The first-order valence-electron chi connectivity index (χ1n) is 10.3. The third-order valence-corrected chi connectivity index (χ3v) is 5.80. The van der Waals surface area contributed by atoms with E-state index in [0.29, 0.717) is 5.39 Å². The number of anilines is 2. The van der Waals surface area contributed by atoms with E-state index >= 15 is 0 Å². The quantitative estimate of drug-likeness (QED) is 0.566. The summed E-state index contributed by atoms with van der Waals surface area (Å²) in [6, 6.07) is 8.10. The monoisotopic (exact) mass is 403 g/mol. The number of fused-ring (bicyclic) bond motifs is 2. The molecule has 0 aliphatic carbocycles. The van der Waals surface area contributed by atoms with E-state index in [0.717, 1.165) is 59.9 Å². The number of nitrogens with one attached hydrogen (secondary N) is 1. The Balaban J connectivity index is 1.38. The number of rotatable bonds is 3. The number of H-pyrrole nitrogens is 1. The molecule has 1 saturated heterocycles. The van der Waals surface area contributed by atoms with Crippen molar-refractivity contribution in [1.82, 2.24) is 24.5 Å². The summed E-state index contributed by atoms with van der Waals surface area (Å²) >= 11 is 0. The zero-order valence-corrected chi connectivity index (χ0v) is 17.5. The Morgan fingerprint density at radius 3 is 2.50 bits per heavy atom. The maximum absolute atomic E-state index is 12.7. The molecule has 0 unspecified atom stereocenters. The number of hydrogen-bond acceptors (Lipinski definition) is 6. The highest BCUT2D eigenvalue weighted by Gasteiger charge is 2.21. The SMILES string of the molecule is Cc1cc2ncnc(N3CCN(c4ccc5c(=O)n(C(C)C)cnc5c4)CC3)c2[nH]1. The lowest BCUT2D eigenvalue weighted by molar-refractivity contribution is 0.573. The van der Waals surface area contributed by atoms with Crippen LogP contribution in [0, 0.1) is 6.92 Å². The van der Waals surface area contributed by atoms with E-state index < -0.39 is 0 Å². The van der Waals surface area contributed by atoms with Gasteiger partial charge in [0.1, 0.15) is 11.8 Å². The van der Waals surface area contributed by atoms with Crippen molar-refractivity contribution in [3.05, 3.63) is 53.0 Å². The van der Waals surface area contributed by atoms with E-state index in [1.807, 2.05) is 45.0 Å². The van der Waals surface area contributed by atoms with Crippen molar-refractivity contribution in [3.63, 3.8) is 0 Å². The van der Waals surface area contributed by atoms with Gasteiger partial charge in [0.2, 0.25) is 0 Å². The van der Waals surface area contributed by atoms with Gasteiger partial charge in [-0.2, -0.15) is 0 Å². The molecule has 1 N–H and O–H groups in total. The fourth-order valence-electron chi connectivity index (χ4n) is 4.16. The van der Waals surface area contributed by atoms with E-state index in [9.17, 15) is 4.79 Å². The van der Waals surface area contributed by atoms with Crippen LogP contribution in [0.5, 0.6) is 0 Å². The predicted octanol–water partition coefficient (Wildman–Crippen LogP) is 2.88. The molecule has 0 radical (unpaired) electrons. The molecule has 154 valence electrons. The van der Waals surface area contributed by atoms with Crippen LogP contribution in [-0.4, -0.2) is 50.7 Å². The van der Waals surface area contributed by atoms with Crippen LogP contribution in [0.25, 0.3) is 21.9 Å². The first-order valence-corrected chi connectivity index (χ1v) is 10.3. The summed E-state index contributed by atoms with van der Waals surface area (Å²) < 4.78 is 1.67. The summed E-state index contributed by atoms with van der Waals surface area (Å²) in [7, 11) is 0. The van der Waals surface area contributed by atoms with Crippen molar-refractivity contribution in [2.45, 2.75) is 26.8 Å². The van der Waals surface area contributed by atoms with Crippen molar-refractivity contribution in [2.24, 2.45) is 0 Å². The minimum Gasteiger partial charge on any atom is -0.368 e. The molecule has 5 rings (SSSR count). The molecule has 4 heterocycles. The van der Waals surface area contributed by atoms with E-state index in [-0.39, 0.29) is 11.6 Å². The molecule has 0 amide bonds. The number of aromatic nitrogens is 5. The Bertz CT molecular complexity index is 1280. The maximum atomic E-state index is 12.7. The van der Waals surface area contributed by atoms with Crippen LogP contribution < -0.4 is 15.4 Å². The maximum Gasteiger partial charge on any atom is 0.261 e. The molecular weight excluding hydrogens is 378 g/mol. The van der Waals surface area contributed by atoms with Crippen LogP contribution in [0.1, 0.15) is 25.6 Å². The number of benzene rings is 1. The van der Waals surface area contributed by atoms with Gasteiger partial charge >= 0.3 is 0 Å². The number of aryl methyl sites for hydroxylation is 1. The van der Waals surface area contributed by atoms with Crippen LogP contribution in [0.3, 0.4) is 0 Å². The lowest BCUT2D eigenvalue weighted by Crippen LogP contribution is -2.47. The molecule has 8 heteroatoms. The highest BCUT2D eigenvalue weighted by atomic mass is 16.1. The normalized spacial score (nSPS) is 14.9. The van der Waals surface area contributed by atoms with Crippen LogP contribution in [-0.2, 0) is 0 Å². The Morgan fingerprint density at radius 2 is 1.73 bits per heavy atom. The fourth-order valence-corrected chi connectivity index (χ4v) is 4.16. The molecule has 8 nitrogen and oxygen atoms in total. The number of nitrogens with zero attached hydrogens (tertiary/aromatic N) is 6. The van der Waals surface area contributed by atoms with Gasteiger partial charge in [-0.1, -0.05) is 0 Å². The van der Waals surface area contributed by atoms with E-state index in [2.05, 4.69) is 29.7 Å². The number of aromatic amines is 1. The molecule has 1 aromatic carbocycles. The third-order valence-electron chi connectivity index (χ3n) is 5.80. The molecule has 3 aromatic heterocycles. The molecule has 1 aliphatic rings. The lowest BCUT2D eigenvalue weighted by Gasteiger charge is -2.36.